The molecule has 0 unspecified atom stereocenters. The van der Waals surface area contributed by atoms with E-state index in [4.69, 9.17) is 14.1 Å². The largest absolute Gasteiger partial charge is 0.494 e. The first-order valence-electron chi connectivity index (χ1n) is 13.2. The quantitative estimate of drug-likeness (QED) is 0.396. The van der Waals surface area contributed by atoms with E-state index < -0.39 is 29.0 Å². The normalized spacial score (nSPS) is 19.9. The number of anilines is 1. The van der Waals surface area contributed by atoms with Crippen molar-refractivity contribution in [3.63, 3.8) is 0 Å². The molecule has 3 aromatic rings. The third-order valence-corrected chi connectivity index (χ3v) is 7.70. The number of halogens is 1. The molecule has 3 aliphatic rings. The number of carbonyl (C=O) groups is 3. The van der Waals surface area contributed by atoms with E-state index in [-0.39, 0.29) is 36.6 Å². The zero-order chi connectivity index (χ0) is 28.9. The maximum atomic E-state index is 15.0. The number of benzene rings is 1. The molecule has 1 fully saturated rings. The van der Waals surface area contributed by atoms with Gasteiger partial charge in [0.05, 0.1) is 31.3 Å². The predicted molar refractivity (Wildman–Crippen MR) is 148 cm³/mol. The van der Waals surface area contributed by atoms with Crippen molar-refractivity contribution in [1.29, 1.82) is 0 Å². The molecule has 212 valence electrons. The summed E-state index contributed by atoms with van der Waals surface area (Å²) in [6, 6.07) is 8.35. The highest BCUT2D eigenvalue weighted by molar-refractivity contribution is 6.10. The molecule has 5 heterocycles. The molecule has 3 aliphatic heterocycles. The number of ether oxygens (including phenoxy) is 1. The van der Waals surface area contributed by atoms with Crippen LogP contribution in [0.5, 0.6) is 5.75 Å². The number of pyridine rings is 1. The average molecular weight is 561 g/mol. The van der Waals surface area contributed by atoms with Crippen molar-refractivity contribution < 1.29 is 27.9 Å². The number of imide groups is 1. The number of amides is 3. The fourth-order valence-corrected chi connectivity index (χ4v) is 5.56. The molecule has 12 heteroatoms. The van der Waals surface area contributed by atoms with Gasteiger partial charge in [-0.1, -0.05) is 6.07 Å². The Hall–Kier alpha value is -4.58. The van der Waals surface area contributed by atoms with Crippen LogP contribution >= 0.6 is 0 Å². The first-order valence-corrected chi connectivity index (χ1v) is 13.2. The van der Waals surface area contributed by atoms with Gasteiger partial charge in [-0.3, -0.25) is 24.7 Å². The molecule has 1 aromatic carbocycles. The van der Waals surface area contributed by atoms with E-state index in [0.29, 0.717) is 35.6 Å². The number of aliphatic imine (C=N–C) groups is 1. The van der Waals surface area contributed by atoms with Gasteiger partial charge < -0.3 is 23.9 Å². The van der Waals surface area contributed by atoms with Crippen LogP contribution in [0.3, 0.4) is 0 Å². The zero-order valence-corrected chi connectivity index (χ0v) is 22.9. The second-order valence-electron chi connectivity index (χ2n) is 10.7. The number of aromatic nitrogens is 1. The topological polar surface area (TPSA) is 121 Å². The molecule has 0 spiro atoms. The van der Waals surface area contributed by atoms with Crippen LogP contribution in [-0.2, 0) is 21.5 Å². The monoisotopic (exact) mass is 560 g/mol. The lowest BCUT2D eigenvalue weighted by atomic mass is 9.82. The summed E-state index contributed by atoms with van der Waals surface area (Å²) in [7, 11) is 5.32. The Morgan fingerprint density at radius 3 is 2.68 bits per heavy atom. The number of rotatable bonds is 9. The molecule has 1 atom stereocenters. The van der Waals surface area contributed by atoms with E-state index in [2.05, 4.69) is 20.1 Å². The minimum atomic E-state index is -1.50. The lowest BCUT2D eigenvalue weighted by molar-refractivity contribution is -0.127. The van der Waals surface area contributed by atoms with Gasteiger partial charge >= 0.3 is 0 Å². The summed E-state index contributed by atoms with van der Waals surface area (Å²) < 4.78 is 26.1. The van der Waals surface area contributed by atoms with Crippen molar-refractivity contribution in [1.82, 2.24) is 20.1 Å². The second-order valence-corrected chi connectivity index (χ2v) is 10.7. The van der Waals surface area contributed by atoms with Crippen LogP contribution in [0.2, 0.25) is 0 Å². The first-order chi connectivity index (χ1) is 19.7. The molecule has 3 amide bonds. The number of furan rings is 1. The lowest BCUT2D eigenvalue weighted by Crippen LogP contribution is -2.46. The highest BCUT2D eigenvalue weighted by Crippen LogP contribution is 2.40. The highest BCUT2D eigenvalue weighted by Gasteiger charge is 2.53. The summed E-state index contributed by atoms with van der Waals surface area (Å²) in [5.41, 5.74) is 0.761. The Balaban J connectivity index is 1.35. The number of methoxy groups -OCH3 is 1. The van der Waals surface area contributed by atoms with Gasteiger partial charge in [0.15, 0.2) is 17.1 Å². The summed E-state index contributed by atoms with van der Waals surface area (Å²) in [4.78, 5) is 53.8. The lowest BCUT2D eigenvalue weighted by Gasteiger charge is -2.28. The fraction of sp³-hybridized carbons (Fsp3) is 0.345. The standard InChI is InChI=1S/C29H29FN6O5/c1-34(2)10-11-36(18-8-9-31-14-18)23-7-6-20-19(32-23)12-22(41-20)29(13-24(37)33-28(29)39)16-35-15-17-4-5-21(40-3)26(30)25(17)27(35)38/h4-8,12,14H,9-11,13,15-16H2,1-3H3,(H,33,37,39)/t29-/m1/s1. The van der Waals surface area contributed by atoms with Gasteiger partial charge in [0, 0.05) is 38.5 Å². The number of carbonyl (C=O) groups excluding carboxylic acids is 3. The van der Waals surface area contributed by atoms with E-state index in [9.17, 15) is 18.8 Å². The van der Waals surface area contributed by atoms with Crippen molar-refractivity contribution in [3.05, 3.63) is 64.8 Å². The molecule has 6 rings (SSSR count). The van der Waals surface area contributed by atoms with Crippen LogP contribution in [0, 0.1) is 5.82 Å². The van der Waals surface area contributed by atoms with Gasteiger partial charge in [-0.25, -0.2) is 9.37 Å². The SMILES string of the molecule is COc1ccc2c(c1F)C(=O)N(C[C@@]1(c3cc4nc(N(CCN(C)C)C5=CCN=C5)ccc4o3)CC(=O)NC1=O)C2. The minimum Gasteiger partial charge on any atom is -0.494 e. The van der Waals surface area contributed by atoms with Gasteiger partial charge in [-0.05, 0) is 43.9 Å². The Bertz CT molecular complexity index is 1650. The van der Waals surface area contributed by atoms with E-state index >= 15 is 0 Å². The summed E-state index contributed by atoms with van der Waals surface area (Å²) in [6.45, 7) is 1.97. The molecule has 0 radical (unpaired) electrons. The fourth-order valence-electron chi connectivity index (χ4n) is 5.56. The van der Waals surface area contributed by atoms with Crippen LogP contribution in [-0.4, -0.2) is 86.1 Å². The van der Waals surface area contributed by atoms with Crippen LogP contribution in [0.15, 0.2) is 51.5 Å². The van der Waals surface area contributed by atoms with Crippen LogP contribution < -0.4 is 15.0 Å². The molecular formula is C29H29FN6O5. The number of hydrogen-bond donors (Lipinski definition) is 1. The smallest absolute Gasteiger partial charge is 0.257 e. The van der Waals surface area contributed by atoms with Gasteiger partial charge in [0.1, 0.15) is 22.5 Å². The maximum Gasteiger partial charge on any atom is 0.257 e. The molecule has 2 aromatic heterocycles. The minimum absolute atomic E-state index is 0.0409. The number of nitrogens with zero attached hydrogens (tertiary/aromatic N) is 5. The molecular weight excluding hydrogens is 531 g/mol. The third kappa shape index (κ3) is 4.53. The Labute approximate surface area is 235 Å². The average Bonchev–Trinajstić information content (AvgIpc) is 3.72. The molecule has 0 aliphatic carbocycles. The molecule has 0 saturated carbocycles. The Morgan fingerprint density at radius 1 is 1.17 bits per heavy atom. The summed E-state index contributed by atoms with van der Waals surface area (Å²) in [5, 5.41) is 2.36. The van der Waals surface area contributed by atoms with Gasteiger partial charge in [-0.15, -0.1) is 0 Å². The number of hydrogen-bond acceptors (Lipinski definition) is 9. The predicted octanol–water partition coefficient (Wildman–Crippen LogP) is 2.25. The van der Waals surface area contributed by atoms with Gasteiger partial charge in [-0.2, -0.15) is 0 Å². The number of fused-ring (bicyclic) bond motifs is 2. The van der Waals surface area contributed by atoms with Crippen LogP contribution in [0.1, 0.15) is 28.1 Å². The van der Waals surface area contributed by atoms with E-state index in [1.165, 1.54) is 18.1 Å². The molecule has 1 N–H and O–H groups in total. The van der Waals surface area contributed by atoms with Crippen molar-refractivity contribution >= 4 is 40.9 Å². The maximum absolute atomic E-state index is 15.0. The van der Waals surface area contributed by atoms with Gasteiger partial charge in [0.25, 0.3) is 5.91 Å². The summed E-state index contributed by atoms with van der Waals surface area (Å²) in [6.07, 6.45) is 3.62. The van der Waals surface area contributed by atoms with Crippen LogP contribution in [0.4, 0.5) is 10.2 Å². The third-order valence-electron chi connectivity index (χ3n) is 7.70. The number of likely N-dealkylation sites (N-methyl/N-ethyl adjacent to an activating group) is 1. The number of nitrogens with one attached hydrogen (secondary N) is 1. The molecule has 41 heavy (non-hydrogen) atoms. The highest BCUT2D eigenvalue weighted by atomic mass is 19.1. The first kappa shape index (κ1) is 26.6. The van der Waals surface area contributed by atoms with Crippen molar-refractivity contribution in [2.45, 2.75) is 18.4 Å². The van der Waals surface area contributed by atoms with Crippen LogP contribution in [0.25, 0.3) is 11.1 Å². The van der Waals surface area contributed by atoms with Crippen molar-refractivity contribution in [2.24, 2.45) is 4.99 Å². The van der Waals surface area contributed by atoms with E-state index in [0.717, 1.165) is 12.2 Å². The summed E-state index contributed by atoms with van der Waals surface area (Å²) >= 11 is 0. The van der Waals surface area contributed by atoms with Gasteiger partial charge in [0.2, 0.25) is 11.8 Å². The van der Waals surface area contributed by atoms with Crippen molar-refractivity contribution in [2.75, 3.05) is 52.3 Å². The van der Waals surface area contributed by atoms with E-state index in [1.807, 2.05) is 32.5 Å². The Kier molecular flexibility index (Phi) is 6.57. The number of allylic oxidation sites excluding steroid dienone is 1. The van der Waals surface area contributed by atoms with E-state index in [1.54, 1.807) is 18.2 Å². The molecule has 1 saturated heterocycles. The summed E-state index contributed by atoms with van der Waals surface area (Å²) in [5.74, 6) is -1.54. The molecule has 0 bridgehead atoms. The zero-order valence-electron chi connectivity index (χ0n) is 22.9. The van der Waals surface area contributed by atoms with Crippen molar-refractivity contribution in [3.8, 4) is 5.75 Å². The molecule has 11 nitrogen and oxygen atoms in total. The Morgan fingerprint density at radius 2 is 2.00 bits per heavy atom. The second kappa shape index (κ2) is 10.1.